The van der Waals surface area contributed by atoms with Gasteiger partial charge in [-0.05, 0) is 64.9 Å². The van der Waals surface area contributed by atoms with Crippen molar-refractivity contribution in [1.29, 1.82) is 0 Å². The average molecular weight is 1340 g/mol. The number of terminal acetylenes is 2. The van der Waals surface area contributed by atoms with Crippen LogP contribution in [0, 0.1) is 48.4 Å². The molecule has 3 aromatic rings. The monoisotopic (exact) mass is 1340 g/mol. The number of carbonyl (C=O) groups is 11. The highest BCUT2D eigenvalue weighted by Crippen LogP contribution is 2.38. The van der Waals surface area contributed by atoms with Crippen LogP contribution in [-0.4, -0.2) is 186 Å². The van der Waals surface area contributed by atoms with Crippen LogP contribution < -0.4 is 24.8 Å². The van der Waals surface area contributed by atoms with Crippen molar-refractivity contribution in [2.45, 2.75) is 150 Å². The maximum atomic E-state index is 12.8. The zero-order valence-corrected chi connectivity index (χ0v) is 53.6. The largest absolute Gasteiger partial charge is 0.479 e. The number of hydrogen-bond donors (Lipinski definition) is 7. The van der Waals surface area contributed by atoms with Gasteiger partial charge in [0.05, 0.1) is 38.4 Å². The van der Waals surface area contributed by atoms with E-state index >= 15 is 0 Å². The molecule has 3 fully saturated rings. The van der Waals surface area contributed by atoms with Gasteiger partial charge < -0.3 is 97.7 Å². The standard InChI is InChI=1S/C24H29NO9.C21H26O10.C19H21NO10/c1-7-10-25-22(28)18-11-17(12-31-15(4)26)8-9-19(18)33-24-21(32-16(5)27)14(3)13(2)20(34-24)23(29)30-6;1-10-11(2)18(29-13(4)23)21(31-17(10)20(26)27-5)30-16-7-6-14(9-28-12(3)22)8-15(16)19(24)25;1-3-6-20-17(25)11-7-10(8-28-9(2)21)4-5-12(11)29-19-15(24)13(22)14(23)16(30-19)18(26)27/h1,8-9,11,13-14,20-21,24H,10,12H2,2-6H3,(H,25,28);6-8,10-11,17-18,21H,9H2,1-5H3,(H,24,25);1,4-5,7,13-16,19,22-24H,6,8H2,2H3,(H,20,25)(H,26,27)/t13-,14-,20-,21+,24+;10-,11-,17-,18+,21+;13-,14-,15+,16-,19+/m000/s1. The summed E-state index contributed by atoms with van der Waals surface area (Å²) in [4.78, 5) is 129. The van der Waals surface area contributed by atoms with E-state index in [1.807, 2.05) is 0 Å². The van der Waals surface area contributed by atoms with Crippen LogP contribution in [0.3, 0.4) is 0 Å². The molecule has 0 aliphatic carbocycles. The highest BCUT2D eigenvalue weighted by Gasteiger charge is 2.51. The summed E-state index contributed by atoms with van der Waals surface area (Å²) in [6, 6.07) is 12.9. The molecule has 0 saturated carbocycles. The van der Waals surface area contributed by atoms with Crippen LogP contribution in [0.25, 0.3) is 0 Å². The number of esters is 7. The van der Waals surface area contributed by atoms with Gasteiger partial charge in [0.1, 0.15) is 60.9 Å². The first-order chi connectivity index (χ1) is 44.8. The van der Waals surface area contributed by atoms with E-state index in [1.54, 1.807) is 33.8 Å². The number of methoxy groups -OCH3 is 2. The van der Waals surface area contributed by atoms with Crippen molar-refractivity contribution in [2.75, 3.05) is 27.3 Å². The number of aliphatic hydroxyl groups is 3. The number of aromatic carboxylic acids is 1. The third-order valence-corrected chi connectivity index (χ3v) is 14.6. The number of carbonyl (C=O) groups excluding carboxylic acids is 9. The maximum absolute atomic E-state index is 12.8. The van der Waals surface area contributed by atoms with Crippen molar-refractivity contribution >= 4 is 65.5 Å². The quantitative estimate of drug-likeness (QED) is 0.0429. The fourth-order valence-electron chi connectivity index (χ4n) is 9.37. The Balaban J connectivity index is 0.000000304. The predicted molar refractivity (Wildman–Crippen MR) is 320 cm³/mol. The second kappa shape index (κ2) is 36.5. The van der Waals surface area contributed by atoms with E-state index in [4.69, 9.17) is 79.5 Å². The number of nitrogens with one attached hydrogen (secondary N) is 2. The van der Waals surface area contributed by atoms with Gasteiger partial charge in [-0.25, -0.2) is 19.2 Å². The molecule has 3 heterocycles. The van der Waals surface area contributed by atoms with Gasteiger partial charge >= 0.3 is 53.7 Å². The fraction of sp³-hybridized carbons (Fsp3) is 0.484. The summed E-state index contributed by atoms with van der Waals surface area (Å²) in [5, 5.41) is 53.4. The summed E-state index contributed by atoms with van der Waals surface area (Å²) in [6.07, 6.45) is -4.95. The van der Waals surface area contributed by atoms with Gasteiger partial charge in [0, 0.05) is 46.5 Å². The fourth-order valence-corrected chi connectivity index (χ4v) is 9.37. The minimum Gasteiger partial charge on any atom is -0.479 e. The third-order valence-electron chi connectivity index (χ3n) is 14.6. The van der Waals surface area contributed by atoms with Gasteiger partial charge in [0.2, 0.25) is 18.9 Å². The minimum atomic E-state index is -1.89. The summed E-state index contributed by atoms with van der Waals surface area (Å²) in [5.74, 6) is -4.89. The maximum Gasteiger partial charge on any atom is 0.339 e. The Kier molecular flexibility index (Phi) is 29.8. The molecule has 0 bridgehead atoms. The van der Waals surface area contributed by atoms with Gasteiger partial charge in [-0.3, -0.25) is 33.6 Å². The average Bonchev–Trinajstić information content (AvgIpc) is 0.813. The topological polar surface area (TPSA) is 433 Å². The second-order valence-corrected chi connectivity index (χ2v) is 21.5. The zero-order valence-electron chi connectivity index (χ0n) is 53.6. The van der Waals surface area contributed by atoms with Crippen molar-refractivity contribution in [3.63, 3.8) is 0 Å². The molecule has 7 N–H and O–H groups in total. The lowest BCUT2D eigenvalue weighted by atomic mass is 9.83. The van der Waals surface area contributed by atoms with Crippen LogP contribution in [0.4, 0.5) is 0 Å². The second-order valence-electron chi connectivity index (χ2n) is 21.5. The third kappa shape index (κ3) is 22.1. The van der Waals surface area contributed by atoms with Crippen LogP contribution in [0.5, 0.6) is 17.2 Å². The molecular formula is C64H76N2O29. The van der Waals surface area contributed by atoms with Gasteiger partial charge in [0.25, 0.3) is 11.8 Å². The first-order valence-corrected chi connectivity index (χ1v) is 29.0. The van der Waals surface area contributed by atoms with Gasteiger partial charge in [-0.15, -0.1) is 12.8 Å². The van der Waals surface area contributed by atoms with Crippen LogP contribution in [-0.2, 0) is 106 Å². The number of benzene rings is 3. The van der Waals surface area contributed by atoms with Crippen molar-refractivity contribution in [3.05, 3.63) is 88.0 Å². The van der Waals surface area contributed by atoms with Crippen LogP contribution in [0.2, 0.25) is 0 Å². The summed E-state index contributed by atoms with van der Waals surface area (Å²) < 4.78 is 69.1. The van der Waals surface area contributed by atoms with E-state index in [2.05, 4.69) is 22.5 Å². The number of ether oxygens (including phenoxy) is 13. The lowest BCUT2D eigenvalue weighted by Gasteiger charge is -2.42. The molecule has 516 valence electrons. The van der Waals surface area contributed by atoms with Gasteiger partial charge in [0.15, 0.2) is 30.5 Å². The molecule has 3 saturated heterocycles. The van der Waals surface area contributed by atoms with Crippen molar-refractivity contribution in [3.8, 4) is 41.9 Å². The van der Waals surface area contributed by atoms with E-state index in [0.717, 1.165) is 0 Å². The number of aliphatic hydroxyl groups excluding tert-OH is 3. The molecule has 2 amide bonds. The normalized spacial score (nSPS) is 24.8. The highest BCUT2D eigenvalue weighted by molar-refractivity contribution is 5.98. The number of carboxylic acids is 2. The van der Waals surface area contributed by atoms with Gasteiger partial charge in [-0.1, -0.05) is 57.7 Å². The highest BCUT2D eigenvalue weighted by atomic mass is 16.7. The summed E-state index contributed by atoms with van der Waals surface area (Å²) in [6.45, 7) is 12.9. The van der Waals surface area contributed by atoms with Crippen LogP contribution in [0.15, 0.2) is 54.6 Å². The molecule has 31 heteroatoms. The van der Waals surface area contributed by atoms with E-state index in [0.29, 0.717) is 16.7 Å². The molecule has 31 nitrogen and oxygen atoms in total. The van der Waals surface area contributed by atoms with E-state index in [-0.39, 0.29) is 90.5 Å². The molecule has 0 spiro atoms. The molecule has 95 heavy (non-hydrogen) atoms. The molecular weight excluding hydrogens is 1260 g/mol. The SMILES string of the molecule is C#CCNC(=O)c1cc(COC(C)=O)ccc1O[C@@H]1O[C@H](C(=O)O)[C@@H](O)[C@H](O)[C@H]1O.C#CCNC(=O)c1cc(COC(C)=O)ccc1O[C@@H]1O[C@H](C(=O)OC)[C@@H](C)[C@H](C)[C@H]1OC(C)=O.COC(=O)[C@H]1O[C@@H](Oc2ccc(COC(C)=O)cc2C(=O)O)[C@H](OC(C)=O)[C@@H](C)[C@@H]1C. The number of carboxylic acid groups (broad SMARTS) is 2. The number of amides is 2. The van der Waals surface area contributed by atoms with Crippen LogP contribution in [0.1, 0.15) is 110 Å². The first-order valence-electron chi connectivity index (χ1n) is 29.0. The molecule has 3 aliphatic heterocycles. The lowest BCUT2D eigenvalue weighted by molar-refractivity contribution is -0.271. The minimum absolute atomic E-state index is 0.0264. The predicted octanol–water partition coefficient (Wildman–Crippen LogP) is 1.91. The van der Waals surface area contributed by atoms with E-state index in [9.17, 15) is 73.2 Å². The Morgan fingerprint density at radius 2 is 0.800 bits per heavy atom. The van der Waals surface area contributed by atoms with Crippen molar-refractivity contribution in [1.82, 2.24) is 10.6 Å². The Morgan fingerprint density at radius 3 is 1.12 bits per heavy atom. The molecule has 0 radical (unpaired) electrons. The Morgan fingerprint density at radius 1 is 0.463 bits per heavy atom. The Bertz CT molecular complexity index is 3350. The Hall–Kier alpha value is -9.89. The molecule has 15 atom stereocenters. The molecule has 6 rings (SSSR count). The van der Waals surface area contributed by atoms with Crippen molar-refractivity contribution < 1.29 is 140 Å². The smallest absolute Gasteiger partial charge is 0.339 e. The first kappa shape index (κ1) is 77.6. The van der Waals surface area contributed by atoms with E-state index in [1.165, 1.54) is 97.4 Å². The van der Waals surface area contributed by atoms with Gasteiger partial charge in [-0.2, -0.15) is 0 Å². The molecule has 3 aromatic carbocycles. The number of aliphatic carboxylic acids is 1. The van der Waals surface area contributed by atoms with E-state index < -0.39 is 133 Å². The number of rotatable bonds is 22. The summed E-state index contributed by atoms with van der Waals surface area (Å²) in [7, 11) is 2.47. The number of hydrogen-bond acceptors (Lipinski definition) is 27. The van der Waals surface area contributed by atoms with Crippen molar-refractivity contribution in [2.24, 2.45) is 23.7 Å². The van der Waals surface area contributed by atoms with Crippen LogP contribution >= 0.6 is 0 Å². The lowest BCUT2D eigenvalue weighted by Crippen LogP contribution is -2.61. The Labute approximate surface area is 545 Å². The zero-order chi connectivity index (χ0) is 71.1. The molecule has 0 aromatic heterocycles. The molecule has 3 aliphatic rings. The molecule has 0 unspecified atom stereocenters. The summed E-state index contributed by atoms with van der Waals surface area (Å²) >= 11 is 0. The summed E-state index contributed by atoms with van der Waals surface area (Å²) in [5.41, 5.74) is 1.21.